The second-order valence-electron chi connectivity index (χ2n) is 7.11. The van der Waals surface area contributed by atoms with Crippen molar-refractivity contribution < 1.29 is 22.7 Å². The molecule has 7 nitrogen and oxygen atoms in total. The number of amides is 1. The third kappa shape index (κ3) is 3.22. The first-order chi connectivity index (χ1) is 13.4. The molecule has 0 saturated carbocycles. The van der Waals surface area contributed by atoms with Crippen molar-refractivity contribution in [1.82, 2.24) is 9.21 Å². The Morgan fingerprint density at radius 3 is 2.64 bits per heavy atom. The highest BCUT2D eigenvalue weighted by Gasteiger charge is 2.52. The van der Waals surface area contributed by atoms with Gasteiger partial charge in [0.1, 0.15) is 12.4 Å². The van der Waals surface area contributed by atoms with Gasteiger partial charge in [0, 0.05) is 32.1 Å². The van der Waals surface area contributed by atoms with E-state index in [4.69, 9.17) is 9.47 Å². The molecule has 2 fully saturated rings. The highest BCUT2D eigenvalue weighted by molar-refractivity contribution is 7.89. The molecule has 0 aromatic heterocycles. The first-order valence-electron chi connectivity index (χ1n) is 9.07. The number of ether oxygens (including phenoxy) is 2. The molecule has 0 N–H and O–H groups in total. The number of methoxy groups -OCH3 is 1. The average molecular weight is 402 g/mol. The maximum absolute atomic E-state index is 13.2. The quantitative estimate of drug-likeness (QED) is 0.766. The molecule has 2 heterocycles. The predicted octanol–water partition coefficient (Wildman–Crippen LogP) is 2.13. The zero-order valence-electron chi connectivity index (χ0n) is 15.6. The summed E-state index contributed by atoms with van der Waals surface area (Å²) >= 11 is 0. The molecule has 28 heavy (non-hydrogen) atoms. The van der Waals surface area contributed by atoms with Crippen LogP contribution in [0.5, 0.6) is 5.75 Å². The number of sulfonamides is 1. The fourth-order valence-corrected chi connectivity index (χ4v) is 5.46. The number of carbonyl (C=O) groups excluding carboxylic acids is 1. The van der Waals surface area contributed by atoms with Gasteiger partial charge in [-0.1, -0.05) is 36.4 Å². The minimum atomic E-state index is -3.72. The molecule has 2 saturated heterocycles. The van der Waals surface area contributed by atoms with Crippen molar-refractivity contribution in [2.24, 2.45) is 0 Å². The second kappa shape index (κ2) is 7.10. The van der Waals surface area contributed by atoms with Gasteiger partial charge in [-0.3, -0.25) is 4.90 Å². The Hall–Kier alpha value is -2.58. The summed E-state index contributed by atoms with van der Waals surface area (Å²) < 4.78 is 38.4. The van der Waals surface area contributed by atoms with Crippen molar-refractivity contribution in [3.63, 3.8) is 0 Å². The Kier molecular flexibility index (Phi) is 4.76. The lowest BCUT2D eigenvalue weighted by molar-refractivity contribution is 0.0917. The van der Waals surface area contributed by atoms with Crippen LogP contribution in [0.25, 0.3) is 0 Å². The molecule has 1 atom stereocenters. The lowest BCUT2D eigenvalue weighted by Crippen LogP contribution is -2.63. The van der Waals surface area contributed by atoms with Crippen LogP contribution < -0.4 is 4.74 Å². The summed E-state index contributed by atoms with van der Waals surface area (Å²) in [4.78, 5) is 14.1. The predicted molar refractivity (Wildman–Crippen MR) is 103 cm³/mol. The average Bonchev–Trinajstić information content (AvgIpc) is 3.04. The van der Waals surface area contributed by atoms with Crippen LogP contribution in [-0.2, 0) is 21.2 Å². The lowest BCUT2D eigenvalue weighted by atomic mass is 9.89. The third-order valence-electron chi connectivity index (χ3n) is 5.36. The van der Waals surface area contributed by atoms with Crippen molar-refractivity contribution in [2.75, 3.05) is 33.4 Å². The summed E-state index contributed by atoms with van der Waals surface area (Å²) in [6.45, 7) is 0.887. The van der Waals surface area contributed by atoms with Crippen molar-refractivity contribution >= 4 is 16.1 Å². The first-order valence-corrected chi connectivity index (χ1v) is 10.5. The molecule has 0 aliphatic carbocycles. The second-order valence-corrected chi connectivity index (χ2v) is 9.05. The molecule has 2 aromatic carbocycles. The summed E-state index contributed by atoms with van der Waals surface area (Å²) in [7, 11) is -2.22. The Bertz CT molecular complexity index is 979. The normalized spacial score (nSPS) is 22.6. The first kappa shape index (κ1) is 18.8. The molecule has 0 spiro atoms. The van der Waals surface area contributed by atoms with E-state index in [0.717, 1.165) is 5.56 Å². The van der Waals surface area contributed by atoms with Gasteiger partial charge in [0.05, 0.1) is 17.5 Å². The number of rotatable bonds is 5. The molecule has 0 bridgehead atoms. The van der Waals surface area contributed by atoms with Crippen LogP contribution in [0, 0.1) is 0 Å². The van der Waals surface area contributed by atoms with E-state index >= 15 is 0 Å². The largest absolute Gasteiger partial charge is 0.497 e. The highest BCUT2D eigenvalue weighted by Crippen LogP contribution is 2.34. The van der Waals surface area contributed by atoms with Gasteiger partial charge in [-0.15, -0.1) is 0 Å². The smallest absolute Gasteiger partial charge is 0.410 e. The Balaban J connectivity index is 1.66. The number of nitrogens with zero attached hydrogens (tertiary/aromatic N) is 2. The summed E-state index contributed by atoms with van der Waals surface area (Å²) in [6, 6.07) is 16.2. The topological polar surface area (TPSA) is 76.2 Å². The molecule has 1 amide bonds. The Morgan fingerprint density at radius 1 is 1.11 bits per heavy atom. The SMILES string of the molecule is COc1cccc(S(=O)(=O)N2CCN3C(=O)OCC3(Cc3ccccc3)C2)c1. The third-order valence-corrected chi connectivity index (χ3v) is 7.20. The highest BCUT2D eigenvalue weighted by atomic mass is 32.2. The van der Waals surface area contributed by atoms with E-state index in [2.05, 4.69) is 0 Å². The standard InChI is InChI=1S/C20H22N2O5S/c1-26-17-8-5-9-18(12-17)28(24,25)21-10-11-22-19(23)27-15-20(22,14-21)13-16-6-3-2-4-7-16/h2-9,12H,10-11,13-15H2,1H3. The number of hydrogen-bond donors (Lipinski definition) is 0. The summed E-state index contributed by atoms with van der Waals surface area (Å²) in [5.74, 6) is 0.484. The summed E-state index contributed by atoms with van der Waals surface area (Å²) in [6.07, 6.45) is 0.151. The molecule has 4 rings (SSSR count). The molecule has 148 valence electrons. The number of carbonyl (C=O) groups is 1. The van der Waals surface area contributed by atoms with Crippen LogP contribution in [0.3, 0.4) is 0 Å². The van der Waals surface area contributed by atoms with Crippen LogP contribution in [0.15, 0.2) is 59.5 Å². The molecule has 0 radical (unpaired) electrons. The molecular formula is C20H22N2O5S. The number of benzene rings is 2. The van der Waals surface area contributed by atoms with Gasteiger partial charge in [-0.2, -0.15) is 4.31 Å². The Morgan fingerprint density at radius 2 is 1.89 bits per heavy atom. The summed E-state index contributed by atoms with van der Waals surface area (Å²) in [5.41, 5.74) is 0.328. The van der Waals surface area contributed by atoms with Crippen LogP contribution >= 0.6 is 0 Å². The van der Waals surface area contributed by atoms with E-state index < -0.39 is 15.6 Å². The maximum Gasteiger partial charge on any atom is 0.410 e. The van der Waals surface area contributed by atoms with Crippen LogP contribution in [0.4, 0.5) is 4.79 Å². The van der Waals surface area contributed by atoms with E-state index in [-0.39, 0.29) is 30.7 Å². The van der Waals surface area contributed by atoms with E-state index in [1.54, 1.807) is 23.1 Å². The van der Waals surface area contributed by atoms with Crippen molar-refractivity contribution in [3.05, 3.63) is 60.2 Å². The van der Waals surface area contributed by atoms with E-state index in [9.17, 15) is 13.2 Å². The monoisotopic (exact) mass is 402 g/mol. The molecule has 1 unspecified atom stereocenters. The molecule has 2 aliphatic heterocycles. The fourth-order valence-electron chi connectivity index (χ4n) is 3.92. The van der Waals surface area contributed by atoms with Gasteiger partial charge in [-0.05, 0) is 17.7 Å². The van der Waals surface area contributed by atoms with Gasteiger partial charge >= 0.3 is 6.09 Å². The van der Waals surface area contributed by atoms with Crippen molar-refractivity contribution in [2.45, 2.75) is 16.9 Å². The van der Waals surface area contributed by atoms with Crippen LogP contribution in [-0.4, -0.2) is 62.6 Å². The number of fused-ring (bicyclic) bond motifs is 1. The van der Waals surface area contributed by atoms with Crippen molar-refractivity contribution in [3.8, 4) is 5.75 Å². The minimum absolute atomic E-state index is 0.171. The van der Waals surface area contributed by atoms with Gasteiger partial charge in [0.25, 0.3) is 0 Å². The van der Waals surface area contributed by atoms with Crippen molar-refractivity contribution in [1.29, 1.82) is 0 Å². The zero-order valence-corrected chi connectivity index (χ0v) is 16.4. The van der Waals surface area contributed by atoms with Gasteiger partial charge in [0.15, 0.2) is 0 Å². The number of hydrogen-bond acceptors (Lipinski definition) is 5. The molecule has 2 aliphatic rings. The fraction of sp³-hybridized carbons (Fsp3) is 0.350. The minimum Gasteiger partial charge on any atom is -0.497 e. The molecular weight excluding hydrogens is 380 g/mol. The number of piperazine rings is 1. The molecule has 2 aromatic rings. The zero-order chi connectivity index (χ0) is 19.8. The summed E-state index contributed by atoms with van der Waals surface area (Å²) in [5, 5.41) is 0. The van der Waals surface area contributed by atoms with Gasteiger partial charge in [-0.25, -0.2) is 13.2 Å². The van der Waals surface area contributed by atoms with Gasteiger partial charge < -0.3 is 9.47 Å². The van der Waals surface area contributed by atoms with Gasteiger partial charge in [0.2, 0.25) is 10.0 Å². The number of cyclic esters (lactones) is 1. The van der Waals surface area contributed by atoms with Crippen LogP contribution in [0.1, 0.15) is 5.56 Å². The maximum atomic E-state index is 13.2. The lowest BCUT2D eigenvalue weighted by Gasteiger charge is -2.44. The molecule has 8 heteroatoms. The van der Waals surface area contributed by atoms with E-state index in [0.29, 0.717) is 18.7 Å². The Labute approximate surface area is 164 Å². The van der Waals surface area contributed by atoms with E-state index in [1.165, 1.54) is 17.5 Å². The van der Waals surface area contributed by atoms with E-state index in [1.807, 2.05) is 30.3 Å². The van der Waals surface area contributed by atoms with Crippen LogP contribution in [0.2, 0.25) is 0 Å².